The van der Waals surface area contributed by atoms with Gasteiger partial charge < -0.3 is 4.90 Å². The first-order valence-corrected chi connectivity index (χ1v) is 8.94. The van der Waals surface area contributed by atoms with Crippen LogP contribution >= 0.6 is 0 Å². The van der Waals surface area contributed by atoms with Crippen molar-refractivity contribution in [2.24, 2.45) is 0 Å². The normalized spacial score (nSPS) is 30.3. The van der Waals surface area contributed by atoms with E-state index in [1.165, 1.54) is 24.6 Å². The van der Waals surface area contributed by atoms with Crippen molar-refractivity contribution in [3.63, 3.8) is 0 Å². The van der Waals surface area contributed by atoms with Crippen molar-refractivity contribution in [3.05, 3.63) is 30.1 Å². The van der Waals surface area contributed by atoms with Gasteiger partial charge in [-0.15, -0.1) is 0 Å². The molecule has 0 saturated carbocycles. The molecule has 0 spiro atoms. The zero-order valence-electron chi connectivity index (χ0n) is 12.1. The first-order chi connectivity index (χ1) is 9.97. The van der Waals surface area contributed by atoms with E-state index in [2.05, 4.69) is 16.7 Å². The first kappa shape index (κ1) is 14.9. The second-order valence-corrected chi connectivity index (χ2v) is 7.81. The molecular weight excluding hydrogens is 291 g/mol. The summed E-state index contributed by atoms with van der Waals surface area (Å²) < 4.78 is 41.1. The Hall–Kier alpha value is -0.980. The van der Waals surface area contributed by atoms with Crippen LogP contribution in [0.15, 0.2) is 29.2 Å². The molecule has 2 atom stereocenters. The summed E-state index contributed by atoms with van der Waals surface area (Å²) in [6, 6.07) is 6.30. The van der Waals surface area contributed by atoms with E-state index in [-0.39, 0.29) is 10.9 Å². The van der Waals surface area contributed by atoms with Crippen LogP contribution in [-0.2, 0) is 10.0 Å². The molecule has 1 aromatic rings. The summed E-state index contributed by atoms with van der Waals surface area (Å²) in [5.41, 5.74) is 0. The molecule has 4 nitrogen and oxygen atoms in total. The monoisotopic (exact) mass is 312 g/mol. The molecule has 2 heterocycles. The number of benzene rings is 1. The van der Waals surface area contributed by atoms with Gasteiger partial charge >= 0.3 is 0 Å². The van der Waals surface area contributed by atoms with Crippen molar-refractivity contribution in [1.82, 2.24) is 9.62 Å². The van der Waals surface area contributed by atoms with Crippen molar-refractivity contribution in [2.45, 2.75) is 55.1 Å². The number of halogens is 1. The molecule has 6 heteroatoms. The number of sulfonamides is 1. The van der Waals surface area contributed by atoms with Gasteiger partial charge in [-0.1, -0.05) is 18.6 Å². The molecule has 1 N–H and O–H groups in total. The number of fused-ring (bicyclic) bond motifs is 2. The molecule has 0 amide bonds. The van der Waals surface area contributed by atoms with Gasteiger partial charge in [0, 0.05) is 18.1 Å². The average Bonchev–Trinajstić information content (AvgIpc) is 2.40. The summed E-state index contributed by atoms with van der Waals surface area (Å²) in [4.78, 5) is 2.12. The molecule has 0 aromatic heterocycles. The number of nitrogens with one attached hydrogen (secondary N) is 1. The maximum absolute atomic E-state index is 13.7. The summed E-state index contributed by atoms with van der Waals surface area (Å²) in [5, 5.41) is 0. The summed E-state index contributed by atoms with van der Waals surface area (Å²) in [5.74, 6) is -0.696. The van der Waals surface area contributed by atoms with Crippen molar-refractivity contribution in [1.29, 1.82) is 0 Å². The molecule has 2 fully saturated rings. The first-order valence-electron chi connectivity index (χ1n) is 7.46. The molecule has 0 radical (unpaired) electrons. The lowest BCUT2D eigenvalue weighted by atomic mass is 9.83. The summed E-state index contributed by atoms with van der Waals surface area (Å²) in [7, 11) is -1.66. The third-order valence-electron chi connectivity index (χ3n) is 4.79. The zero-order valence-corrected chi connectivity index (χ0v) is 12.9. The van der Waals surface area contributed by atoms with Crippen LogP contribution in [0, 0.1) is 5.82 Å². The molecule has 2 unspecified atom stereocenters. The highest BCUT2D eigenvalue weighted by Crippen LogP contribution is 2.33. The fourth-order valence-corrected chi connectivity index (χ4v) is 5.00. The Morgan fingerprint density at radius 3 is 2.43 bits per heavy atom. The Balaban J connectivity index is 1.76. The molecule has 3 rings (SSSR count). The third kappa shape index (κ3) is 2.98. The molecular formula is C15H21FN2O2S. The molecule has 116 valence electrons. The zero-order chi connectivity index (χ0) is 15.0. The van der Waals surface area contributed by atoms with E-state index in [1.54, 1.807) is 6.07 Å². The molecule has 2 aliphatic rings. The molecule has 2 bridgehead atoms. The fourth-order valence-electron chi connectivity index (χ4n) is 3.66. The van der Waals surface area contributed by atoms with Crippen LogP contribution in [0.3, 0.4) is 0 Å². The Kier molecular flexibility index (Phi) is 4.03. The number of piperidine rings is 2. The van der Waals surface area contributed by atoms with Crippen LogP contribution < -0.4 is 4.72 Å². The Labute approximate surface area is 125 Å². The quantitative estimate of drug-likeness (QED) is 0.930. The predicted molar refractivity (Wildman–Crippen MR) is 78.9 cm³/mol. The van der Waals surface area contributed by atoms with Gasteiger partial charge in [-0.05, 0) is 44.9 Å². The average molecular weight is 312 g/mol. The van der Waals surface area contributed by atoms with Crippen molar-refractivity contribution in [2.75, 3.05) is 7.05 Å². The Morgan fingerprint density at radius 2 is 1.81 bits per heavy atom. The second kappa shape index (κ2) is 5.66. The lowest BCUT2D eigenvalue weighted by molar-refractivity contribution is 0.0536. The van der Waals surface area contributed by atoms with Crippen LogP contribution in [0.4, 0.5) is 4.39 Å². The minimum atomic E-state index is -3.78. The van der Waals surface area contributed by atoms with E-state index in [9.17, 15) is 12.8 Å². The largest absolute Gasteiger partial charge is 0.300 e. The van der Waals surface area contributed by atoms with Gasteiger partial charge in [0.05, 0.1) is 0 Å². The van der Waals surface area contributed by atoms with Crippen LogP contribution in [0.2, 0.25) is 0 Å². The van der Waals surface area contributed by atoms with E-state index in [1.807, 2.05) is 0 Å². The SMILES string of the molecule is CN1C2CCCC1CC(NS(=O)(=O)c1ccccc1F)C2. The molecule has 21 heavy (non-hydrogen) atoms. The van der Waals surface area contributed by atoms with Crippen LogP contribution in [0.25, 0.3) is 0 Å². The van der Waals surface area contributed by atoms with Gasteiger partial charge in [0.2, 0.25) is 10.0 Å². The van der Waals surface area contributed by atoms with Gasteiger partial charge in [0.25, 0.3) is 0 Å². The van der Waals surface area contributed by atoms with E-state index >= 15 is 0 Å². The van der Waals surface area contributed by atoms with E-state index < -0.39 is 15.8 Å². The smallest absolute Gasteiger partial charge is 0.243 e. The van der Waals surface area contributed by atoms with Gasteiger partial charge in [-0.25, -0.2) is 17.5 Å². The Morgan fingerprint density at radius 1 is 1.19 bits per heavy atom. The molecule has 0 aliphatic carbocycles. The van der Waals surface area contributed by atoms with Gasteiger partial charge in [0.1, 0.15) is 10.7 Å². The topological polar surface area (TPSA) is 49.4 Å². The molecule has 1 aromatic carbocycles. The highest BCUT2D eigenvalue weighted by Gasteiger charge is 2.37. The van der Waals surface area contributed by atoms with Crippen molar-refractivity contribution >= 4 is 10.0 Å². The maximum Gasteiger partial charge on any atom is 0.243 e. The predicted octanol–water partition coefficient (Wildman–Crippen LogP) is 2.12. The van der Waals surface area contributed by atoms with Crippen LogP contribution in [0.1, 0.15) is 32.1 Å². The number of nitrogens with zero attached hydrogens (tertiary/aromatic N) is 1. The van der Waals surface area contributed by atoms with Crippen molar-refractivity contribution < 1.29 is 12.8 Å². The lowest BCUT2D eigenvalue weighted by Crippen LogP contribution is -2.55. The third-order valence-corrected chi connectivity index (χ3v) is 6.34. The number of rotatable bonds is 3. The highest BCUT2D eigenvalue weighted by molar-refractivity contribution is 7.89. The van der Waals surface area contributed by atoms with Crippen LogP contribution in [0.5, 0.6) is 0 Å². The maximum atomic E-state index is 13.7. The van der Waals surface area contributed by atoms with Gasteiger partial charge in [-0.3, -0.25) is 0 Å². The number of hydrogen-bond donors (Lipinski definition) is 1. The van der Waals surface area contributed by atoms with Gasteiger partial charge in [-0.2, -0.15) is 0 Å². The minimum absolute atomic E-state index is 0.0962. The summed E-state index contributed by atoms with van der Waals surface area (Å²) >= 11 is 0. The van der Waals surface area contributed by atoms with E-state index in [0.29, 0.717) is 12.1 Å². The second-order valence-electron chi connectivity index (χ2n) is 6.12. The highest BCUT2D eigenvalue weighted by atomic mass is 32.2. The lowest BCUT2D eigenvalue weighted by Gasteiger charge is -2.47. The summed E-state index contributed by atoms with van der Waals surface area (Å²) in [6.45, 7) is 0. The van der Waals surface area contributed by atoms with Crippen molar-refractivity contribution in [3.8, 4) is 0 Å². The molecule has 2 saturated heterocycles. The summed E-state index contributed by atoms with van der Waals surface area (Å²) in [6.07, 6.45) is 5.06. The van der Waals surface area contributed by atoms with Crippen LogP contribution in [-0.4, -0.2) is 38.5 Å². The van der Waals surface area contributed by atoms with Gasteiger partial charge in [0.15, 0.2) is 0 Å². The molecule has 2 aliphatic heterocycles. The minimum Gasteiger partial charge on any atom is -0.300 e. The van der Waals surface area contributed by atoms with E-state index in [0.717, 1.165) is 25.7 Å². The number of hydrogen-bond acceptors (Lipinski definition) is 3. The standard InChI is InChI=1S/C15H21FN2O2S/c1-18-12-5-4-6-13(18)10-11(9-12)17-21(19,20)15-8-3-2-7-14(15)16/h2-3,7-8,11-13,17H,4-6,9-10H2,1H3. The fraction of sp³-hybridized carbons (Fsp3) is 0.600. The Bertz CT molecular complexity index is 606. The van der Waals surface area contributed by atoms with E-state index in [4.69, 9.17) is 0 Å².